The van der Waals surface area contributed by atoms with E-state index in [4.69, 9.17) is 11.6 Å². The van der Waals surface area contributed by atoms with Crippen molar-refractivity contribution in [2.75, 3.05) is 0 Å². The molecule has 1 aromatic heterocycles. The summed E-state index contributed by atoms with van der Waals surface area (Å²) in [6.45, 7) is 2.24. The number of hydrogen-bond acceptors (Lipinski definition) is 3. The Hall–Kier alpha value is -2.72. The maximum atomic E-state index is 12.5. The van der Waals surface area contributed by atoms with Gasteiger partial charge in [-0.15, -0.1) is 0 Å². The molecule has 0 aliphatic rings. The average molecular weight is 366 g/mol. The number of aryl methyl sites for hydroxylation is 1. The van der Waals surface area contributed by atoms with Crippen LogP contribution in [-0.2, 0) is 11.3 Å². The van der Waals surface area contributed by atoms with Crippen molar-refractivity contribution in [3.8, 4) is 0 Å². The van der Waals surface area contributed by atoms with E-state index in [1.165, 1.54) is 0 Å². The Bertz CT molecular complexity index is 866. The standard InChI is InChI=1S/C21H20ClN3O/c1-15-12-24-17(13-23-15)14-25-21(26)11-19(16-7-3-2-4-8-16)18-9-5-6-10-20(18)22/h2-10,12-13,19H,11,14H2,1H3,(H,25,26)/t19-/m1/s1. The van der Waals surface area contributed by atoms with Gasteiger partial charge in [0.1, 0.15) is 0 Å². The summed E-state index contributed by atoms with van der Waals surface area (Å²) in [6, 6.07) is 17.6. The molecule has 3 aromatic rings. The van der Waals surface area contributed by atoms with Crippen LogP contribution in [0, 0.1) is 6.92 Å². The van der Waals surface area contributed by atoms with Crippen LogP contribution < -0.4 is 5.32 Å². The van der Waals surface area contributed by atoms with Crippen molar-refractivity contribution in [3.63, 3.8) is 0 Å². The fourth-order valence-electron chi connectivity index (χ4n) is 2.81. The predicted molar refractivity (Wildman–Crippen MR) is 103 cm³/mol. The molecule has 0 aliphatic heterocycles. The number of rotatable bonds is 6. The molecule has 0 unspecified atom stereocenters. The molecule has 1 atom stereocenters. The maximum Gasteiger partial charge on any atom is 0.221 e. The molecule has 3 rings (SSSR count). The molecule has 1 N–H and O–H groups in total. The van der Waals surface area contributed by atoms with E-state index in [2.05, 4.69) is 15.3 Å². The predicted octanol–water partition coefficient (Wildman–Crippen LogP) is 4.28. The Morgan fingerprint density at radius 1 is 1.04 bits per heavy atom. The number of amides is 1. The third kappa shape index (κ3) is 4.67. The van der Waals surface area contributed by atoms with E-state index in [0.29, 0.717) is 18.0 Å². The van der Waals surface area contributed by atoms with Crippen LogP contribution in [0.4, 0.5) is 0 Å². The van der Waals surface area contributed by atoms with Crippen molar-refractivity contribution in [2.45, 2.75) is 25.8 Å². The quantitative estimate of drug-likeness (QED) is 0.709. The highest BCUT2D eigenvalue weighted by atomic mass is 35.5. The summed E-state index contributed by atoms with van der Waals surface area (Å²) in [5, 5.41) is 3.59. The van der Waals surface area contributed by atoms with Gasteiger partial charge in [-0.25, -0.2) is 0 Å². The van der Waals surface area contributed by atoms with Crippen LogP contribution in [-0.4, -0.2) is 15.9 Å². The van der Waals surface area contributed by atoms with Crippen LogP contribution >= 0.6 is 11.6 Å². The van der Waals surface area contributed by atoms with Gasteiger partial charge in [-0.3, -0.25) is 14.8 Å². The van der Waals surface area contributed by atoms with Crippen molar-refractivity contribution in [1.82, 2.24) is 15.3 Å². The second kappa shape index (κ2) is 8.59. The van der Waals surface area contributed by atoms with Crippen LogP contribution in [0.1, 0.15) is 34.9 Å². The van der Waals surface area contributed by atoms with E-state index in [9.17, 15) is 4.79 Å². The minimum absolute atomic E-state index is 0.0545. The van der Waals surface area contributed by atoms with Crippen LogP contribution in [0.25, 0.3) is 0 Å². The van der Waals surface area contributed by atoms with Gasteiger partial charge in [-0.1, -0.05) is 60.1 Å². The van der Waals surface area contributed by atoms with Gasteiger partial charge in [0, 0.05) is 23.6 Å². The summed E-state index contributed by atoms with van der Waals surface area (Å²) in [4.78, 5) is 21.0. The lowest BCUT2D eigenvalue weighted by Crippen LogP contribution is -2.25. The summed E-state index contributed by atoms with van der Waals surface area (Å²) in [6.07, 6.45) is 3.68. The van der Waals surface area contributed by atoms with E-state index < -0.39 is 0 Å². The molecule has 0 aliphatic carbocycles. The highest BCUT2D eigenvalue weighted by Crippen LogP contribution is 2.32. The molecule has 26 heavy (non-hydrogen) atoms. The Morgan fingerprint density at radius 2 is 1.77 bits per heavy atom. The summed E-state index contributed by atoms with van der Waals surface area (Å²) in [5.74, 6) is -0.157. The molecule has 0 saturated carbocycles. The fourth-order valence-corrected chi connectivity index (χ4v) is 3.08. The van der Waals surface area contributed by atoms with Gasteiger partial charge in [0.2, 0.25) is 5.91 Å². The minimum atomic E-state index is -0.103. The second-order valence-corrected chi connectivity index (χ2v) is 6.52. The Morgan fingerprint density at radius 3 is 2.46 bits per heavy atom. The molecule has 132 valence electrons. The molecular weight excluding hydrogens is 346 g/mol. The van der Waals surface area contributed by atoms with Crippen molar-refractivity contribution in [2.24, 2.45) is 0 Å². The number of aromatic nitrogens is 2. The molecule has 5 heteroatoms. The number of hydrogen-bond donors (Lipinski definition) is 1. The van der Waals surface area contributed by atoms with E-state index in [-0.39, 0.29) is 11.8 Å². The first-order valence-electron chi connectivity index (χ1n) is 8.47. The summed E-state index contributed by atoms with van der Waals surface area (Å²) >= 11 is 6.39. The van der Waals surface area contributed by atoms with E-state index in [1.807, 2.05) is 61.5 Å². The molecule has 0 radical (unpaired) electrons. The van der Waals surface area contributed by atoms with Crippen LogP contribution in [0.15, 0.2) is 67.0 Å². The Balaban J connectivity index is 1.74. The molecule has 0 saturated heterocycles. The Kier molecular flexibility index (Phi) is 5.97. The molecule has 2 aromatic carbocycles. The first-order valence-corrected chi connectivity index (χ1v) is 8.85. The highest BCUT2D eigenvalue weighted by Gasteiger charge is 2.20. The first-order chi connectivity index (χ1) is 12.6. The molecule has 0 spiro atoms. The maximum absolute atomic E-state index is 12.5. The van der Waals surface area contributed by atoms with Gasteiger partial charge in [-0.05, 0) is 24.1 Å². The number of nitrogens with one attached hydrogen (secondary N) is 1. The average Bonchev–Trinajstić information content (AvgIpc) is 2.67. The molecule has 1 amide bonds. The number of halogens is 1. The van der Waals surface area contributed by atoms with Crippen molar-refractivity contribution < 1.29 is 4.79 Å². The fraction of sp³-hybridized carbons (Fsp3) is 0.190. The van der Waals surface area contributed by atoms with Crippen LogP contribution in [0.3, 0.4) is 0 Å². The monoisotopic (exact) mass is 365 g/mol. The molecule has 4 nitrogen and oxygen atoms in total. The zero-order valence-corrected chi connectivity index (χ0v) is 15.3. The lowest BCUT2D eigenvalue weighted by Gasteiger charge is -2.19. The van der Waals surface area contributed by atoms with Crippen molar-refractivity contribution in [1.29, 1.82) is 0 Å². The van der Waals surface area contributed by atoms with Gasteiger partial charge in [-0.2, -0.15) is 0 Å². The van der Waals surface area contributed by atoms with Gasteiger partial charge >= 0.3 is 0 Å². The third-order valence-electron chi connectivity index (χ3n) is 4.17. The molecule has 1 heterocycles. The van der Waals surface area contributed by atoms with E-state index >= 15 is 0 Å². The van der Waals surface area contributed by atoms with Crippen molar-refractivity contribution >= 4 is 17.5 Å². The van der Waals surface area contributed by atoms with E-state index in [1.54, 1.807) is 12.4 Å². The van der Waals surface area contributed by atoms with Crippen LogP contribution in [0.2, 0.25) is 5.02 Å². The highest BCUT2D eigenvalue weighted by molar-refractivity contribution is 6.31. The summed E-state index contributed by atoms with van der Waals surface area (Å²) in [5.41, 5.74) is 3.59. The van der Waals surface area contributed by atoms with Gasteiger partial charge < -0.3 is 5.32 Å². The van der Waals surface area contributed by atoms with Gasteiger partial charge in [0.25, 0.3) is 0 Å². The largest absolute Gasteiger partial charge is 0.350 e. The molecular formula is C21H20ClN3O. The van der Waals surface area contributed by atoms with Crippen LogP contribution in [0.5, 0.6) is 0 Å². The first kappa shape index (κ1) is 18.1. The van der Waals surface area contributed by atoms with Crippen molar-refractivity contribution in [3.05, 3.63) is 94.5 Å². The topological polar surface area (TPSA) is 54.9 Å². The van der Waals surface area contributed by atoms with E-state index in [0.717, 1.165) is 22.5 Å². The zero-order chi connectivity index (χ0) is 18.4. The lowest BCUT2D eigenvalue weighted by atomic mass is 9.88. The minimum Gasteiger partial charge on any atom is -0.350 e. The SMILES string of the molecule is Cc1cnc(CNC(=O)C[C@H](c2ccccc2)c2ccccc2Cl)cn1. The smallest absolute Gasteiger partial charge is 0.221 e. The number of nitrogens with zero attached hydrogens (tertiary/aromatic N) is 2. The van der Waals surface area contributed by atoms with Gasteiger partial charge in [0.15, 0.2) is 0 Å². The third-order valence-corrected chi connectivity index (χ3v) is 4.52. The second-order valence-electron chi connectivity index (χ2n) is 6.11. The van der Waals surface area contributed by atoms with Gasteiger partial charge in [0.05, 0.1) is 24.1 Å². The number of carbonyl (C=O) groups excluding carboxylic acids is 1. The normalized spacial score (nSPS) is 11.8. The zero-order valence-electron chi connectivity index (χ0n) is 14.5. The number of carbonyl (C=O) groups is 1. The Labute approximate surface area is 158 Å². The molecule has 0 bridgehead atoms. The molecule has 0 fully saturated rings. The number of benzene rings is 2. The summed E-state index contributed by atoms with van der Waals surface area (Å²) in [7, 11) is 0. The lowest BCUT2D eigenvalue weighted by molar-refractivity contribution is -0.121. The summed E-state index contributed by atoms with van der Waals surface area (Å²) < 4.78 is 0.